The van der Waals surface area contributed by atoms with Gasteiger partial charge in [-0.3, -0.25) is 30.4 Å². The Morgan fingerprint density at radius 2 is 1.80 bits per heavy atom. The van der Waals surface area contributed by atoms with Crippen LogP contribution in [-0.2, 0) is 0 Å². The van der Waals surface area contributed by atoms with E-state index in [0.717, 1.165) is 4.90 Å². The molecule has 2 unspecified atom stereocenters. The largest absolute Gasteiger partial charge is 0.594 e. The molecule has 0 aromatic heterocycles. The summed E-state index contributed by atoms with van der Waals surface area (Å²) in [6, 6.07) is 0. The van der Waals surface area contributed by atoms with E-state index in [1.165, 1.54) is 0 Å². The fraction of sp³-hybridized carbons (Fsp3) is 1.00. The SMILES string of the molecule is O=[N+]([O-])C1([N+](=O)[O-])NCN2CNCN1C2. The van der Waals surface area contributed by atoms with Gasteiger partial charge in [0.05, 0.1) is 26.7 Å². The van der Waals surface area contributed by atoms with Crippen LogP contribution in [0.1, 0.15) is 0 Å². The van der Waals surface area contributed by atoms with Crippen molar-refractivity contribution < 1.29 is 9.85 Å². The van der Waals surface area contributed by atoms with E-state index < -0.39 is 15.8 Å². The first-order chi connectivity index (χ1) is 7.07. The molecule has 0 aromatic carbocycles. The molecule has 2 bridgehead atoms. The second-order valence-electron chi connectivity index (χ2n) is 3.40. The van der Waals surface area contributed by atoms with Crippen molar-refractivity contribution >= 4 is 0 Å². The minimum Gasteiger partial charge on any atom is -0.291 e. The Labute approximate surface area is 84.1 Å². The Bertz CT molecular complexity index is 294. The molecule has 2 aliphatic rings. The van der Waals surface area contributed by atoms with Gasteiger partial charge in [0.25, 0.3) is 0 Å². The average molecular weight is 218 g/mol. The highest BCUT2D eigenvalue weighted by Gasteiger charge is 2.65. The second-order valence-corrected chi connectivity index (χ2v) is 3.40. The zero-order valence-electron chi connectivity index (χ0n) is 7.75. The third kappa shape index (κ3) is 1.34. The first-order valence-corrected chi connectivity index (χ1v) is 4.29. The predicted octanol–water partition coefficient (Wildman–Crippen LogP) is -2.21. The lowest BCUT2D eigenvalue weighted by Crippen LogP contribution is -2.79. The molecule has 2 saturated heterocycles. The highest BCUT2D eigenvalue weighted by atomic mass is 16.7. The van der Waals surface area contributed by atoms with Crippen LogP contribution in [-0.4, -0.2) is 52.2 Å². The summed E-state index contributed by atoms with van der Waals surface area (Å²) in [7, 11) is 0. The Balaban J connectivity index is 2.31. The minimum absolute atomic E-state index is 0.117. The van der Waals surface area contributed by atoms with E-state index in [0.29, 0.717) is 6.67 Å². The summed E-state index contributed by atoms with van der Waals surface area (Å²) >= 11 is 0. The number of nitro groups is 2. The molecule has 15 heavy (non-hydrogen) atoms. The van der Waals surface area contributed by atoms with E-state index in [-0.39, 0.29) is 20.0 Å². The van der Waals surface area contributed by atoms with Crippen LogP contribution in [0.2, 0.25) is 0 Å². The van der Waals surface area contributed by atoms with Crippen molar-refractivity contribution in [3.8, 4) is 0 Å². The summed E-state index contributed by atoms with van der Waals surface area (Å²) in [6.45, 7) is 1.01. The van der Waals surface area contributed by atoms with E-state index in [2.05, 4.69) is 10.6 Å². The average Bonchev–Trinajstić information content (AvgIpc) is 2.17. The maximum absolute atomic E-state index is 10.8. The highest BCUT2D eigenvalue weighted by Crippen LogP contribution is 2.19. The molecule has 2 aliphatic heterocycles. The van der Waals surface area contributed by atoms with Crippen LogP contribution >= 0.6 is 0 Å². The number of nitrogens with one attached hydrogen (secondary N) is 2. The zero-order valence-corrected chi connectivity index (χ0v) is 7.75. The van der Waals surface area contributed by atoms with Crippen LogP contribution in [0.5, 0.6) is 0 Å². The van der Waals surface area contributed by atoms with E-state index >= 15 is 0 Å². The van der Waals surface area contributed by atoms with Crippen LogP contribution < -0.4 is 10.6 Å². The summed E-state index contributed by atoms with van der Waals surface area (Å²) in [6.07, 6.45) is 0. The maximum Gasteiger partial charge on any atom is 0.594 e. The van der Waals surface area contributed by atoms with Crippen LogP contribution in [0, 0.1) is 20.2 Å². The molecule has 0 radical (unpaired) electrons. The molecular formula is C5H10N6O4. The van der Waals surface area contributed by atoms with Crippen molar-refractivity contribution in [2.24, 2.45) is 0 Å². The van der Waals surface area contributed by atoms with Crippen molar-refractivity contribution in [3.63, 3.8) is 0 Å². The van der Waals surface area contributed by atoms with Crippen LogP contribution in [0.3, 0.4) is 0 Å². The normalized spacial score (nSPS) is 33.3. The summed E-state index contributed by atoms with van der Waals surface area (Å²) in [5.41, 5.74) is 0. The van der Waals surface area contributed by atoms with Crippen molar-refractivity contribution in [3.05, 3.63) is 20.2 Å². The number of fused-ring (bicyclic) bond motifs is 2. The van der Waals surface area contributed by atoms with Crippen LogP contribution in [0.15, 0.2) is 0 Å². The van der Waals surface area contributed by atoms with E-state index in [4.69, 9.17) is 0 Å². The van der Waals surface area contributed by atoms with Crippen molar-refractivity contribution in [2.45, 2.75) is 5.91 Å². The Morgan fingerprint density at radius 1 is 1.13 bits per heavy atom. The summed E-state index contributed by atoms with van der Waals surface area (Å²) in [4.78, 5) is 22.8. The molecule has 0 amide bonds. The van der Waals surface area contributed by atoms with Crippen molar-refractivity contribution in [1.29, 1.82) is 0 Å². The second kappa shape index (κ2) is 3.34. The molecule has 0 spiro atoms. The van der Waals surface area contributed by atoms with Gasteiger partial charge in [-0.2, -0.15) is 5.32 Å². The monoisotopic (exact) mass is 218 g/mol. The number of rotatable bonds is 2. The molecule has 2 fully saturated rings. The zero-order chi connectivity index (χ0) is 11.1. The van der Waals surface area contributed by atoms with Crippen molar-refractivity contribution in [1.82, 2.24) is 20.4 Å². The molecule has 0 aromatic rings. The first kappa shape index (κ1) is 10.2. The Morgan fingerprint density at radius 3 is 2.40 bits per heavy atom. The van der Waals surface area contributed by atoms with Gasteiger partial charge in [0.2, 0.25) is 0 Å². The lowest BCUT2D eigenvalue weighted by Gasteiger charge is -2.42. The third-order valence-corrected chi connectivity index (χ3v) is 2.50. The lowest BCUT2D eigenvalue weighted by atomic mass is 10.4. The molecule has 0 aliphatic carbocycles. The van der Waals surface area contributed by atoms with Gasteiger partial charge in [-0.05, 0) is 0 Å². The molecule has 0 saturated carbocycles. The summed E-state index contributed by atoms with van der Waals surface area (Å²) < 4.78 is 0. The topological polar surface area (TPSA) is 117 Å². The highest BCUT2D eigenvalue weighted by molar-refractivity contribution is 4.77. The van der Waals surface area contributed by atoms with Gasteiger partial charge in [0.15, 0.2) is 0 Å². The minimum atomic E-state index is -2.40. The Hall–Kier alpha value is -1.36. The number of nitrogens with zero attached hydrogens (tertiary/aromatic N) is 4. The third-order valence-electron chi connectivity index (χ3n) is 2.50. The summed E-state index contributed by atoms with van der Waals surface area (Å²) in [5, 5.41) is 26.9. The standard InChI is InChI=1S/C5H10N6O4/c12-10(13)5(11(14)15)7-3-8-1-6-2-9(5)4-8/h6-7H,1-4H2. The quantitative estimate of drug-likeness (QED) is 0.304. The molecule has 2 rings (SSSR count). The number of hydrogen-bond donors (Lipinski definition) is 2. The first-order valence-electron chi connectivity index (χ1n) is 4.29. The van der Waals surface area contributed by atoms with E-state index in [1.54, 1.807) is 4.90 Å². The fourth-order valence-corrected chi connectivity index (χ4v) is 1.76. The van der Waals surface area contributed by atoms with Gasteiger partial charge < -0.3 is 0 Å². The van der Waals surface area contributed by atoms with E-state index in [9.17, 15) is 20.2 Å². The maximum atomic E-state index is 10.8. The van der Waals surface area contributed by atoms with Gasteiger partial charge in [0, 0.05) is 0 Å². The van der Waals surface area contributed by atoms with Gasteiger partial charge >= 0.3 is 5.91 Å². The van der Waals surface area contributed by atoms with Gasteiger partial charge in [0.1, 0.15) is 9.85 Å². The van der Waals surface area contributed by atoms with Gasteiger partial charge in [-0.15, -0.1) is 4.90 Å². The number of hydrogen-bond acceptors (Lipinski definition) is 8. The van der Waals surface area contributed by atoms with Crippen molar-refractivity contribution in [2.75, 3.05) is 26.7 Å². The molecule has 10 nitrogen and oxygen atoms in total. The summed E-state index contributed by atoms with van der Waals surface area (Å²) in [5.74, 6) is -2.40. The van der Waals surface area contributed by atoms with Crippen LogP contribution in [0.4, 0.5) is 0 Å². The molecule has 84 valence electrons. The lowest BCUT2D eigenvalue weighted by molar-refractivity contribution is -0.838. The van der Waals surface area contributed by atoms with Gasteiger partial charge in [-0.1, -0.05) is 0 Å². The molecular weight excluding hydrogens is 208 g/mol. The van der Waals surface area contributed by atoms with Crippen LogP contribution in [0.25, 0.3) is 0 Å². The predicted molar refractivity (Wildman–Crippen MR) is 46.1 cm³/mol. The molecule has 2 heterocycles. The molecule has 10 heteroatoms. The van der Waals surface area contributed by atoms with Gasteiger partial charge in [-0.25, -0.2) is 0 Å². The molecule has 2 atom stereocenters. The Kier molecular flexibility index (Phi) is 2.26. The van der Waals surface area contributed by atoms with E-state index in [1.807, 2.05) is 0 Å². The fourth-order valence-electron chi connectivity index (χ4n) is 1.76. The smallest absolute Gasteiger partial charge is 0.291 e. The molecule has 2 N–H and O–H groups in total.